The SMILES string of the molecule is O=C1C=CC(=O)C(c2c(Cl)cc3cccc4c3c2C=C(Cl)C4)=C1. The van der Waals surface area contributed by atoms with Crippen LogP contribution in [0.25, 0.3) is 22.4 Å². The number of halogens is 2. The Morgan fingerprint density at radius 1 is 1.00 bits per heavy atom. The first-order chi connectivity index (χ1) is 11.0. The van der Waals surface area contributed by atoms with Gasteiger partial charge in [-0.3, -0.25) is 9.59 Å². The van der Waals surface area contributed by atoms with Gasteiger partial charge >= 0.3 is 0 Å². The summed E-state index contributed by atoms with van der Waals surface area (Å²) in [6.45, 7) is 0. The lowest BCUT2D eigenvalue weighted by molar-refractivity contribution is -0.113. The van der Waals surface area contributed by atoms with E-state index in [1.54, 1.807) is 0 Å². The van der Waals surface area contributed by atoms with Crippen molar-refractivity contribution in [1.82, 2.24) is 0 Å². The van der Waals surface area contributed by atoms with Crippen molar-refractivity contribution < 1.29 is 9.59 Å². The molecule has 0 spiro atoms. The Kier molecular flexibility index (Phi) is 3.26. The highest BCUT2D eigenvalue weighted by molar-refractivity contribution is 6.41. The second kappa shape index (κ2) is 5.19. The van der Waals surface area contributed by atoms with Gasteiger partial charge in [0.2, 0.25) is 0 Å². The van der Waals surface area contributed by atoms with E-state index in [0.717, 1.165) is 21.9 Å². The van der Waals surface area contributed by atoms with Gasteiger partial charge in [-0.25, -0.2) is 0 Å². The Balaban J connectivity index is 2.12. The molecule has 2 aliphatic rings. The third kappa shape index (κ3) is 2.26. The largest absolute Gasteiger partial charge is 0.290 e. The van der Waals surface area contributed by atoms with Crippen molar-refractivity contribution in [1.29, 1.82) is 0 Å². The van der Waals surface area contributed by atoms with Crippen molar-refractivity contribution in [3.63, 3.8) is 0 Å². The normalized spacial score (nSPS) is 16.6. The minimum Gasteiger partial charge on any atom is -0.290 e. The molecule has 0 fully saturated rings. The fourth-order valence-electron chi connectivity index (χ4n) is 3.19. The Morgan fingerprint density at radius 2 is 1.83 bits per heavy atom. The first-order valence-electron chi connectivity index (χ1n) is 7.13. The fourth-order valence-corrected chi connectivity index (χ4v) is 3.76. The predicted molar refractivity (Wildman–Crippen MR) is 93.6 cm³/mol. The Bertz CT molecular complexity index is 994. The molecule has 0 aliphatic heterocycles. The summed E-state index contributed by atoms with van der Waals surface area (Å²) >= 11 is 12.7. The number of benzene rings is 2. The van der Waals surface area contributed by atoms with Gasteiger partial charge in [0.1, 0.15) is 0 Å². The van der Waals surface area contributed by atoms with E-state index in [1.165, 1.54) is 18.2 Å². The summed E-state index contributed by atoms with van der Waals surface area (Å²) in [5, 5.41) is 3.15. The van der Waals surface area contributed by atoms with Gasteiger partial charge in [0, 0.05) is 27.6 Å². The van der Waals surface area contributed by atoms with Crippen LogP contribution in [0.3, 0.4) is 0 Å². The van der Waals surface area contributed by atoms with Gasteiger partial charge in [0.15, 0.2) is 11.6 Å². The van der Waals surface area contributed by atoms with Crippen LogP contribution in [0.15, 0.2) is 47.5 Å². The third-order valence-corrected chi connectivity index (χ3v) is 4.66. The zero-order valence-corrected chi connectivity index (χ0v) is 13.4. The number of hydrogen-bond donors (Lipinski definition) is 0. The van der Waals surface area contributed by atoms with Gasteiger partial charge in [0.05, 0.1) is 0 Å². The molecule has 0 atom stereocenters. The van der Waals surface area contributed by atoms with Crippen molar-refractivity contribution in [2.75, 3.05) is 0 Å². The molecule has 0 amide bonds. The molecule has 0 heterocycles. The van der Waals surface area contributed by atoms with Gasteiger partial charge in [-0.15, -0.1) is 0 Å². The minimum absolute atomic E-state index is 0.220. The van der Waals surface area contributed by atoms with E-state index in [4.69, 9.17) is 23.2 Å². The molecule has 0 unspecified atom stereocenters. The maximum atomic E-state index is 12.3. The number of carbonyl (C=O) groups is 2. The summed E-state index contributed by atoms with van der Waals surface area (Å²) in [6, 6.07) is 7.79. The van der Waals surface area contributed by atoms with Crippen LogP contribution in [-0.2, 0) is 16.0 Å². The molecule has 0 bridgehead atoms. The maximum Gasteiger partial charge on any atom is 0.186 e. The molecule has 0 N–H and O–H groups in total. The van der Waals surface area contributed by atoms with E-state index in [1.807, 2.05) is 30.3 Å². The predicted octanol–water partition coefficient (Wildman–Crippen LogP) is 4.72. The van der Waals surface area contributed by atoms with Crippen molar-refractivity contribution in [3.05, 3.63) is 69.2 Å². The molecule has 0 saturated heterocycles. The van der Waals surface area contributed by atoms with E-state index in [0.29, 0.717) is 27.6 Å². The summed E-state index contributed by atoms with van der Waals surface area (Å²) < 4.78 is 0. The van der Waals surface area contributed by atoms with E-state index in [2.05, 4.69) is 0 Å². The number of hydrogen-bond acceptors (Lipinski definition) is 2. The molecular formula is C19H10Cl2O2. The monoisotopic (exact) mass is 340 g/mol. The van der Waals surface area contributed by atoms with Crippen LogP contribution in [0.5, 0.6) is 0 Å². The molecule has 4 rings (SSSR count). The Hall–Kier alpha value is -2.16. The molecule has 2 aromatic rings. The van der Waals surface area contributed by atoms with Gasteiger partial charge in [-0.2, -0.15) is 0 Å². The summed E-state index contributed by atoms with van der Waals surface area (Å²) in [5.74, 6) is -0.447. The zero-order valence-electron chi connectivity index (χ0n) is 11.9. The second-order valence-electron chi connectivity index (χ2n) is 5.59. The minimum atomic E-state index is -0.227. The molecule has 112 valence electrons. The van der Waals surface area contributed by atoms with Crippen molar-refractivity contribution in [3.8, 4) is 0 Å². The van der Waals surface area contributed by atoms with Gasteiger partial charge in [-0.05, 0) is 52.3 Å². The van der Waals surface area contributed by atoms with Gasteiger partial charge < -0.3 is 0 Å². The molecule has 4 heteroatoms. The number of rotatable bonds is 1. The van der Waals surface area contributed by atoms with Gasteiger partial charge in [-0.1, -0.05) is 41.4 Å². The average molecular weight is 341 g/mol. The molecule has 23 heavy (non-hydrogen) atoms. The van der Waals surface area contributed by atoms with E-state index in [9.17, 15) is 9.59 Å². The number of carbonyl (C=O) groups excluding carboxylic acids is 2. The van der Waals surface area contributed by atoms with Crippen molar-refractivity contribution in [2.45, 2.75) is 6.42 Å². The van der Waals surface area contributed by atoms with Crippen LogP contribution < -0.4 is 0 Å². The van der Waals surface area contributed by atoms with E-state index >= 15 is 0 Å². The molecule has 2 aromatic carbocycles. The topological polar surface area (TPSA) is 34.1 Å². The summed E-state index contributed by atoms with van der Waals surface area (Å²) in [7, 11) is 0. The fraction of sp³-hybridized carbons (Fsp3) is 0.0526. The first kappa shape index (κ1) is 14.4. The summed E-state index contributed by atoms with van der Waals surface area (Å²) in [4.78, 5) is 24.0. The van der Waals surface area contributed by atoms with Crippen LogP contribution >= 0.6 is 23.2 Å². The first-order valence-corrected chi connectivity index (χ1v) is 7.89. The van der Waals surface area contributed by atoms with Crippen molar-refractivity contribution in [2.24, 2.45) is 0 Å². The standard InChI is InChI=1S/C19H10Cl2O2/c20-12-6-10-2-1-3-11-7-16(21)19(15(8-12)18(10)11)14-9-13(22)4-5-17(14)23/h1-5,7-9H,6H2. The average Bonchev–Trinajstić information content (AvgIpc) is 2.50. The van der Waals surface area contributed by atoms with E-state index < -0.39 is 0 Å². The molecular weight excluding hydrogens is 331 g/mol. The lowest BCUT2D eigenvalue weighted by Gasteiger charge is -2.21. The number of ketones is 2. The van der Waals surface area contributed by atoms with Crippen molar-refractivity contribution >= 4 is 57.2 Å². The third-order valence-electron chi connectivity index (χ3n) is 4.12. The van der Waals surface area contributed by atoms with Gasteiger partial charge in [0.25, 0.3) is 0 Å². The number of allylic oxidation sites excluding steroid dienone is 5. The summed E-state index contributed by atoms with van der Waals surface area (Å²) in [6.07, 6.45) is 6.38. The van der Waals surface area contributed by atoms with Crippen LogP contribution in [0.1, 0.15) is 16.7 Å². The highest BCUT2D eigenvalue weighted by atomic mass is 35.5. The quantitative estimate of drug-likeness (QED) is 0.704. The smallest absolute Gasteiger partial charge is 0.186 e. The molecule has 0 aromatic heterocycles. The highest BCUT2D eigenvalue weighted by Gasteiger charge is 2.24. The van der Waals surface area contributed by atoms with Crippen LogP contribution in [-0.4, -0.2) is 11.6 Å². The second-order valence-corrected chi connectivity index (χ2v) is 6.48. The zero-order chi connectivity index (χ0) is 16.1. The highest BCUT2D eigenvalue weighted by Crippen LogP contribution is 2.41. The van der Waals surface area contributed by atoms with E-state index in [-0.39, 0.29) is 11.6 Å². The Morgan fingerprint density at radius 3 is 2.65 bits per heavy atom. The Labute approximate surface area is 142 Å². The van der Waals surface area contributed by atoms with Crippen LogP contribution in [0.2, 0.25) is 5.02 Å². The molecule has 0 radical (unpaired) electrons. The van der Waals surface area contributed by atoms with Crippen LogP contribution in [0.4, 0.5) is 0 Å². The molecule has 0 saturated carbocycles. The van der Waals surface area contributed by atoms with Crippen LogP contribution in [0, 0.1) is 0 Å². The maximum absolute atomic E-state index is 12.3. The lowest BCUT2D eigenvalue weighted by Crippen LogP contribution is -2.10. The summed E-state index contributed by atoms with van der Waals surface area (Å²) in [5.41, 5.74) is 2.79. The molecule has 2 aliphatic carbocycles. The lowest BCUT2D eigenvalue weighted by atomic mass is 9.85. The molecule has 2 nitrogen and oxygen atoms in total.